The summed E-state index contributed by atoms with van der Waals surface area (Å²) >= 11 is 6.05. The number of fused-ring (bicyclic) bond motifs is 2. The van der Waals surface area contributed by atoms with Crippen molar-refractivity contribution in [2.24, 2.45) is 5.92 Å². The molecule has 0 amide bonds. The van der Waals surface area contributed by atoms with Crippen molar-refractivity contribution in [1.82, 2.24) is 19.9 Å². The zero-order valence-corrected chi connectivity index (χ0v) is 15.0. The number of piperidine rings is 1. The summed E-state index contributed by atoms with van der Waals surface area (Å²) in [7, 11) is 0. The molecule has 2 unspecified atom stereocenters. The third kappa shape index (κ3) is 2.74. The van der Waals surface area contributed by atoms with E-state index in [0.717, 1.165) is 48.9 Å². The second kappa shape index (κ2) is 6.36. The van der Waals surface area contributed by atoms with E-state index in [1.54, 1.807) is 0 Å². The Morgan fingerprint density at radius 3 is 2.73 bits per heavy atom. The first-order valence-electron chi connectivity index (χ1n) is 8.99. The van der Waals surface area contributed by atoms with E-state index in [4.69, 9.17) is 16.6 Å². The topological polar surface area (TPSA) is 58.0 Å². The molecule has 0 N–H and O–H groups in total. The van der Waals surface area contributed by atoms with Crippen LogP contribution in [0.3, 0.4) is 0 Å². The molecule has 0 aliphatic carbocycles. The summed E-state index contributed by atoms with van der Waals surface area (Å²) < 4.78 is 0. The van der Waals surface area contributed by atoms with E-state index in [-0.39, 0.29) is 0 Å². The van der Waals surface area contributed by atoms with Gasteiger partial charge in [-0.15, -0.1) is 0 Å². The lowest BCUT2D eigenvalue weighted by atomic mass is 9.92. The van der Waals surface area contributed by atoms with Crippen molar-refractivity contribution in [2.75, 3.05) is 29.4 Å². The smallest absolute Gasteiger partial charge is 0.225 e. The standard InChI is InChI=1S/C19H19ClN6/c20-14-2-3-15-16(10-14)23-11-18(24-15)25-8-4-13-5-9-26(17(13)12-25)19-21-6-1-7-22-19/h1-3,6-7,10-11,13,17H,4-5,8-9,12H2. The zero-order valence-electron chi connectivity index (χ0n) is 14.3. The molecular formula is C19H19ClN6. The van der Waals surface area contributed by atoms with Crippen molar-refractivity contribution in [3.05, 3.63) is 47.9 Å². The second-order valence-corrected chi connectivity index (χ2v) is 7.39. The molecular weight excluding hydrogens is 348 g/mol. The molecule has 2 atom stereocenters. The van der Waals surface area contributed by atoms with E-state index >= 15 is 0 Å². The van der Waals surface area contributed by atoms with Gasteiger partial charge in [0.2, 0.25) is 5.95 Å². The summed E-state index contributed by atoms with van der Waals surface area (Å²) in [5.41, 5.74) is 1.71. The largest absolute Gasteiger partial charge is 0.353 e. The van der Waals surface area contributed by atoms with Crippen LogP contribution in [0.4, 0.5) is 11.8 Å². The number of halogens is 1. The van der Waals surface area contributed by atoms with E-state index in [0.29, 0.717) is 17.0 Å². The molecule has 0 radical (unpaired) electrons. The summed E-state index contributed by atoms with van der Waals surface area (Å²) in [4.78, 5) is 23.0. The molecule has 0 saturated carbocycles. The highest BCUT2D eigenvalue weighted by Crippen LogP contribution is 2.35. The Labute approximate surface area is 156 Å². The van der Waals surface area contributed by atoms with Gasteiger partial charge in [-0.05, 0) is 43.0 Å². The Morgan fingerprint density at radius 2 is 1.85 bits per heavy atom. The van der Waals surface area contributed by atoms with Gasteiger partial charge in [-0.1, -0.05) is 11.6 Å². The minimum atomic E-state index is 0.425. The van der Waals surface area contributed by atoms with Gasteiger partial charge in [-0.25, -0.2) is 15.0 Å². The van der Waals surface area contributed by atoms with Gasteiger partial charge in [0.15, 0.2) is 0 Å². The van der Waals surface area contributed by atoms with E-state index in [1.165, 1.54) is 6.42 Å². The highest BCUT2D eigenvalue weighted by atomic mass is 35.5. The van der Waals surface area contributed by atoms with Gasteiger partial charge in [0.25, 0.3) is 0 Å². The Kier molecular flexibility index (Phi) is 3.85. The number of anilines is 2. The minimum absolute atomic E-state index is 0.425. The Bertz CT molecular complexity index is 934. The number of benzene rings is 1. The minimum Gasteiger partial charge on any atom is -0.353 e. The number of aromatic nitrogens is 4. The van der Waals surface area contributed by atoms with E-state index in [9.17, 15) is 0 Å². The molecule has 26 heavy (non-hydrogen) atoms. The highest BCUT2D eigenvalue weighted by molar-refractivity contribution is 6.31. The average molecular weight is 367 g/mol. The molecule has 7 heteroatoms. The van der Waals surface area contributed by atoms with Crippen LogP contribution < -0.4 is 9.80 Å². The summed E-state index contributed by atoms with van der Waals surface area (Å²) in [6.07, 6.45) is 7.86. The van der Waals surface area contributed by atoms with Crippen LogP contribution in [0.1, 0.15) is 12.8 Å². The fraction of sp³-hybridized carbons (Fsp3) is 0.368. The third-order valence-corrected chi connectivity index (χ3v) is 5.72. The van der Waals surface area contributed by atoms with Gasteiger partial charge in [0.05, 0.1) is 23.3 Å². The molecule has 0 bridgehead atoms. The van der Waals surface area contributed by atoms with Gasteiger partial charge >= 0.3 is 0 Å². The molecule has 6 nitrogen and oxygen atoms in total. The quantitative estimate of drug-likeness (QED) is 0.694. The molecule has 1 aromatic carbocycles. The van der Waals surface area contributed by atoms with Crippen LogP contribution in [0.25, 0.3) is 11.0 Å². The lowest BCUT2D eigenvalue weighted by Gasteiger charge is -2.38. The van der Waals surface area contributed by atoms with Crippen molar-refractivity contribution in [1.29, 1.82) is 0 Å². The molecule has 4 heterocycles. The molecule has 2 saturated heterocycles. The summed E-state index contributed by atoms with van der Waals surface area (Å²) in [6, 6.07) is 7.93. The highest BCUT2D eigenvalue weighted by Gasteiger charge is 2.39. The molecule has 2 aromatic heterocycles. The number of rotatable bonds is 2. The first-order valence-corrected chi connectivity index (χ1v) is 9.37. The lowest BCUT2D eigenvalue weighted by Crippen LogP contribution is -2.49. The summed E-state index contributed by atoms with van der Waals surface area (Å²) in [5.74, 6) is 2.46. The fourth-order valence-electron chi connectivity index (χ4n) is 4.16. The predicted octanol–water partition coefficient (Wildman–Crippen LogP) is 3.18. The Morgan fingerprint density at radius 1 is 1.00 bits per heavy atom. The normalized spacial score (nSPS) is 22.7. The monoisotopic (exact) mass is 366 g/mol. The van der Waals surface area contributed by atoms with Crippen LogP contribution in [0.5, 0.6) is 0 Å². The molecule has 2 aliphatic rings. The second-order valence-electron chi connectivity index (χ2n) is 6.95. The van der Waals surface area contributed by atoms with Crippen LogP contribution >= 0.6 is 11.6 Å². The van der Waals surface area contributed by atoms with Gasteiger partial charge in [-0.3, -0.25) is 4.98 Å². The van der Waals surface area contributed by atoms with Gasteiger partial charge in [0, 0.05) is 37.1 Å². The van der Waals surface area contributed by atoms with Crippen LogP contribution in [0, 0.1) is 5.92 Å². The first kappa shape index (κ1) is 15.8. The Balaban J connectivity index is 1.42. The van der Waals surface area contributed by atoms with Crippen molar-refractivity contribution < 1.29 is 0 Å². The first-order chi connectivity index (χ1) is 12.8. The van der Waals surface area contributed by atoms with Crippen LogP contribution in [-0.4, -0.2) is 45.6 Å². The predicted molar refractivity (Wildman–Crippen MR) is 103 cm³/mol. The van der Waals surface area contributed by atoms with Crippen molar-refractivity contribution in [2.45, 2.75) is 18.9 Å². The number of hydrogen-bond acceptors (Lipinski definition) is 6. The molecule has 5 rings (SSSR count). The average Bonchev–Trinajstić information content (AvgIpc) is 3.11. The van der Waals surface area contributed by atoms with Gasteiger partial charge in [-0.2, -0.15) is 0 Å². The maximum absolute atomic E-state index is 6.05. The van der Waals surface area contributed by atoms with Crippen LogP contribution in [0.15, 0.2) is 42.9 Å². The number of nitrogens with zero attached hydrogens (tertiary/aromatic N) is 6. The van der Waals surface area contributed by atoms with Crippen LogP contribution in [-0.2, 0) is 0 Å². The fourth-order valence-corrected chi connectivity index (χ4v) is 4.33. The van der Waals surface area contributed by atoms with Crippen molar-refractivity contribution in [3.8, 4) is 0 Å². The van der Waals surface area contributed by atoms with Gasteiger partial charge in [0.1, 0.15) is 5.82 Å². The SMILES string of the molecule is Clc1ccc2nc(N3CCC4CCN(c5ncccn5)C4C3)cnc2c1. The van der Waals surface area contributed by atoms with Crippen molar-refractivity contribution in [3.63, 3.8) is 0 Å². The molecule has 0 spiro atoms. The van der Waals surface area contributed by atoms with Gasteiger partial charge < -0.3 is 9.80 Å². The zero-order chi connectivity index (χ0) is 17.5. The summed E-state index contributed by atoms with van der Waals surface area (Å²) in [5, 5.41) is 0.685. The van der Waals surface area contributed by atoms with Crippen LogP contribution in [0.2, 0.25) is 5.02 Å². The third-order valence-electron chi connectivity index (χ3n) is 5.49. The summed E-state index contributed by atoms with van der Waals surface area (Å²) in [6.45, 7) is 2.96. The maximum atomic E-state index is 6.05. The number of hydrogen-bond donors (Lipinski definition) is 0. The maximum Gasteiger partial charge on any atom is 0.225 e. The molecule has 2 fully saturated rings. The van der Waals surface area contributed by atoms with E-state index in [1.807, 2.05) is 42.9 Å². The molecule has 2 aliphatic heterocycles. The lowest BCUT2D eigenvalue weighted by molar-refractivity contribution is 0.387. The molecule has 132 valence electrons. The van der Waals surface area contributed by atoms with E-state index < -0.39 is 0 Å². The Hall–Kier alpha value is -2.47. The molecule has 3 aromatic rings. The van der Waals surface area contributed by atoms with Crippen molar-refractivity contribution >= 4 is 34.4 Å². The van der Waals surface area contributed by atoms with E-state index in [2.05, 4.69) is 24.8 Å².